The standard InChI is InChI=1S/C33H34N4O5/c38-29(39)17-12-22-10-14-24(15-11-22)34-32(41)33(18-4-5-19-33)36-31(40)23-13-16-27-26(21-23)35-30(28-9-6-20-42-28)37(27)25-7-2-1-3-8-25/h6,9-17,20-21,25H,1-5,7-8,18-19H2,(H,34,41)(H,36,40)(H,38,39)/b17-12+. The van der Waals surface area contributed by atoms with Crippen molar-refractivity contribution in [3.63, 3.8) is 0 Å². The molecule has 9 heteroatoms. The van der Waals surface area contributed by atoms with E-state index in [1.165, 1.54) is 25.3 Å². The van der Waals surface area contributed by atoms with Crippen LogP contribution in [0.25, 0.3) is 28.7 Å². The highest BCUT2D eigenvalue weighted by Crippen LogP contribution is 2.37. The van der Waals surface area contributed by atoms with Gasteiger partial charge < -0.3 is 24.7 Å². The van der Waals surface area contributed by atoms with Gasteiger partial charge in [0.15, 0.2) is 11.6 Å². The zero-order chi connectivity index (χ0) is 29.1. The average molecular weight is 567 g/mol. The molecule has 0 atom stereocenters. The molecule has 0 radical (unpaired) electrons. The van der Waals surface area contributed by atoms with Gasteiger partial charge in [-0.2, -0.15) is 0 Å². The summed E-state index contributed by atoms with van der Waals surface area (Å²) in [5.41, 5.74) is 2.41. The zero-order valence-electron chi connectivity index (χ0n) is 23.3. The number of hydrogen-bond donors (Lipinski definition) is 3. The van der Waals surface area contributed by atoms with Gasteiger partial charge in [-0.15, -0.1) is 0 Å². The Labute approximate surface area is 243 Å². The van der Waals surface area contributed by atoms with Crippen molar-refractivity contribution in [1.82, 2.24) is 14.9 Å². The summed E-state index contributed by atoms with van der Waals surface area (Å²) < 4.78 is 8.00. The number of aromatic nitrogens is 2. The first-order valence-corrected chi connectivity index (χ1v) is 14.6. The number of carbonyl (C=O) groups is 3. The number of carbonyl (C=O) groups excluding carboxylic acids is 2. The highest BCUT2D eigenvalue weighted by molar-refractivity contribution is 6.05. The molecule has 2 fully saturated rings. The lowest BCUT2D eigenvalue weighted by Crippen LogP contribution is -2.55. The smallest absolute Gasteiger partial charge is 0.328 e. The number of imidazole rings is 1. The van der Waals surface area contributed by atoms with E-state index in [0.29, 0.717) is 41.5 Å². The van der Waals surface area contributed by atoms with E-state index in [-0.39, 0.29) is 11.8 Å². The summed E-state index contributed by atoms with van der Waals surface area (Å²) >= 11 is 0. The number of furan rings is 1. The highest BCUT2D eigenvalue weighted by Gasteiger charge is 2.42. The van der Waals surface area contributed by atoms with Crippen LogP contribution in [0.5, 0.6) is 0 Å². The molecule has 3 N–H and O–H groups in total. The Balaban J connectivity index is 1.23. The SMILES string of the molecule is O=C(O)/C=C/c1ccc(NC(=O)C2(NC(=O)c3ccc4c(c3)nc(-c3ccco3)n4C3CCCCC3)CCCC2)cc1. The van der Waals surface area contributed by atoms with E-state index in [9.17, 15) is 14.4 Å². The minimum atomic E-state index is -1.03. The van der Waals surface area contributed by atoms with E-state index in [4.69, 9.17) is 14.5 Å². The molecule has 0 aliphatic heterocycles. The summed E-state index contributed by atoms with van der Waals surface area (Å²) in [6, 6.07) is 16.6. The van der Waals surface area contributed by atoms with E-state index >= 15 is 0 Å². The first kappa shape index (κ1) is 27.5. The quantitative estimate of drug-likeness (QED) is 0.207. The van der Waals surface area contributed by atoms with Gasteiger partial charge in [-0.3, -0.25) is 9.59 Å². The van der Waals surface area contributed by atoms with Gasteiger partial charge in [0.2, 0.25) is 5.91 Å². The number of hydrogen-bond acceptors (Lipinski definition) is 5. The summed E-state index contributed by atoms with van der Waals surface area (Å²) in [5.74, 6) is -0.119. The average Bonchev–Trinajstić information content (AvgIpc) is 3.77. The minimum Gasteiger partial charge on any atom is -0.478 e. The van der Waals surface area contributed by atoms with Gasteiger partial charge in [-0.25, -0.2) is 9.78 Å². The Morgan fingerprint density at radius 2 is 1.74 bits per heavy atom. The molecule has 216 valence electrons. The molecule has 9 nitrogen and oxygen atoms in total. The molecule has 0 spiro atoms. The fourth-order valence-electron chi connectivity index (χ4n) is 6.30. The Bertz CT molecular complexity index is 1620. The van der Waals surface area contributed by atoms with Crippen LogP contribution in [0, 0.1) is 0 Å². The number of amides is 2. The predicted molar refractivity (Wildman–Crippen MR) is 160 cm³/mol. The van der Waals surface area contributed by atoms with Crippen LogP contribution in [0.1, 0.15) is 79.8 Å². The van der Waals surface area contributed by atoms with Crippen LogP contribution in [-0.4, -0.2) is 38.0 Å². The summed E-state index contributed by atoms with van der Waals surface area (Å²) in [6.45, 7) is 0. The molecule has 2 amide bonds. The maximum Gasteiger partial charge on any atom is 0.328 e. The number of fused-ring (bicyclic) bond motifs is 1. The number of carboxylic acids is 1. The number of anilines is 1. The fraction of sp³-hybridized carbons (Fsp3) is 0.333. The first-order valence-electron chi connectivity index (χ1n) is 14.6. The second-order valence-corrected chi connectivity index (χ2v) is 11.3. The lowest BCUT2D eigenvalue weighted by molar-refractivity contribution is -0.131. The van der Waals surface area contributed by atoms with Crippen LogP contribution < -0.4 is 10.6 Å². The number of nitrogens with one attached hydrogen (secondary N) is 2. The van der Waals surface area contributed by atoms with Crippen molar-refractivity contribution in [1.29, 1.82) is 0 Å². The minimum absolute atomic E-state index is 0.259. The number of rotatable bonds is 8. The third-order valence-corrected chi connectivity index (χ3v) is 8.46. The molecule has 2 aliphatic carbocycles. The number of nitrogens with zero attached hydrogens (tertiary/aromatic N) is 2. The largest absolute Gasteiger partial charge is 0.478 e. The molecule has 6 rings (SSSR count). The molecule has 2 aromatic carbocycles. The monoisotopic (exact) mass is 566 g/mol. The van der Waals surface area contributed by atoms with Crippen molar-refractivity contribution < 1.29 is 23.9 Å². The van der Waals surface area contributed by atoms with Crippen LogP contribution in [-0.2, 0) is 9.59 Å². The van der Waals surface area contributed by atoms with Gasteiger partial charge in [-0.1, -0.05) is 44.2 Å². The highest BCUT2D eigenvalue weighted by atomic mass is 16.4. The Morgan fingerprint density at radius 1 is 0.976 bits per heavy atom. The van der Waals surface area contributed by atoms with Crippen LogP contribution in [0.15, 0.2) is 71.4 Å². The van der Waals surface area contributed by atoms with E-state index < -0.39 is 11.5 Å². The molecule has 0 bridgehead atoms. The molecule has 0 unspecified atom stereocenters. The molecule has 0 saturated heterocycles. The first-order chi connectivity index (χ1) is 20.4. The van der Waals surface area contributed by atoms with Crippen molar-refractivity contribution in [2.24, 2.45) is 0 Å². The van der Waals surface area contributed by atoms with E-state index in [2.05, 4.69) is 15.2 Å². The molecule has 2 aliphatic rings. The maximum atomic E-state index is 13.6. The predicted octanol–water partition coefficient (Wildman–Crippen LogP) is 6.58. The summed E-state index contributed by atoms with van der Waals surface area (Å²) in [6.07, 6.45) is 12.7. The van der Waals surface area contributed by atoms with E-state index in [0.717, 1.165) is 48.6 Å². The normalized spacial score (nSPS) is 17.0. The Hall–Kier alpha value is -4.66. The lowest BCUT2D eigenvalue weighted by atomic mass is 9.94. The molecule has 4 aromatic rings. The van der Waals surface area contributed by atoms with Gasteiger partial charge >= 0.3 is 5.97 Å². The summed E-state index contributed by atoms with van der Waals surface area (Å²) in [7, 11) is 0. The third kappa shape index (κ3) is 5.59. The maximum absolute atomic E-state index is 13.6. The van der Waals surface area contributed by atoms with E-state index in [1.54, 1.807) is 36.6 Å². The second-order valence-electron chi connectivity index (χ2n) is 11.3. The zero-order valence-corrected chi connectivity index (χ0v) is 23.3. The number of aliphatic carboxylic acids is 1. The van der Waals surface area contributed by atoms with Crippen LogP contribution >= 0.6 is 0 Å². The molecule has 42 heavy (non-hydrogen) atoms. The summed E-state index contributed by atoms with van der Waals surface area (Å²) in [4.78, 5) is 42.8. The third-order valence-electron chi connectivity index (χ3n) is 8.46. The molecule has 2 heterocycles. The molecule has 2 aromatic heterocycles. The topological polar surface area (TPSA) is 126 Å². The van der Waals surface area contributed by atoms with Crippen molar-refractivity contribution in [3.8, 4) is 11.6 Å². The van der Waals surface area contributed by atoms with Gasteiger partial charge in [0.05, 0.1) is 17.3 Å². The second kappa shape index (κ2) is 11.7. The van der Waals surface area contributed by atoms with Gasteiger partial charge in [0, 0.05) is 23.4 Å². The van der Waals surface area contributed by atoms with Gasteiger partial charge in [0.1, 0.15) is 5.54 Å². The molecular formula is C33H34N4O5. The van der Waals surface area contributed by atoms with Crippen LogP contribution in [0.2, 0.25) is 0 Å². The fourth-order valence-corrected chi connectivity index (χ4v) is 6.30. The van der Waals surface area contributed by atoms with Crippen LogP contribution in [0.4, 0.5) is 5.69 Å². The Morgan fingerprint density at radius 3 is 2.43 bits per heavy atom. The van der Waals surface area contributed by atoms with Crippen LogP contribution in [0.3, 0.4) is 0 Å². The molecule has 2 saturated carbocycles. The van der Waals surface area contributed by atoms with Gasteiger partial charge in [-0.05, 0) is 79.8 Å². The lowest BCUT2D eigenvalue weighted by Gasteiger charge is -2.29. The van der Waals surface area contributed by atoms with Crippen molar-refractivity contribution in [2.45, 2.75) is 69.4 Å². The van der Waals surface area contributed by atoms with Gasteiger partial charge in [0.25, 0.3) is 5.91 Å². The number of benzene rings is 2. The van der Waals surface area contributed by atoms with Crippen molar-refractivity contribution >= 4 is 40.6 Å². The summed E-state index contributed by atoms with van der Waals surface area (Å²) in [5, 5.41) is 14.8. The number of carboxylic acid groups (broad SMARTS) is 1. The Kier molecular flexibility index (Phi) is 7.65. The van der Waals surface area contributed by atoms with E-state index in [1.807, 2.05) is 24.3 Å². The molecular weight excluding hydrogens is 532 g/mol. The van der Waals surface area contributed by atoms with Crippen molar-refractivity contribution in [3.05, 3.63) is 78.1 Å². The van der Waals surface area contributed by atoms with Crippen molar-refractivity contribution in [2.75, 3.05) is 5.32 Å².